The second-order valence-corrected chi connectivity index (χ2v) is 7.96. The molecule has 6 heteroatoms. The molecule has 2 aromatic carbocycles. The third-order valence-electron chi connectivity index (χ3n) is 4.88. The number of amides is 1. The van der Waals surface area contributed by atoms with Crippen LogP contribution in [0.3, 0.4) is 0 Å². The van der Waals surface area contributed by atoms with Crippen molar-refractivity contribution >= 4 is 27.5 Å². The predicted molar refractivity (Wildman–Crippen MR) is 108 cm³/mol. The molecular weight excluding hydrogens is 358 g/mol. The summed E-state index contributed by atoms with van der Waals surface area (Å²) < 4.78 is 6.86. The van der Waals surface area contributed by atoms with E-state index in [9.17, 15) is 4.79 Å². The lowest BCUT2D eigenvalue weighted by Crippen LogP contribution is -2.50. The Balaban J connectivity index is 1.38. The topological polar surface area (TPSA) is 45.7 Å². The van der Waals surface area contributed by atoms with Crippen molar-refractivity contribution in [3.63, 3.8) is 0 Å². The Hall–Kier alpha value is -2.28. The minimum Gasteiger partial charge on any atom is -0.364 e. The molecule has 0 aliphatic carbocycles. The fourth-order valence-corrected chi connectivity index (χ4v) is 4.37. The van der Waals surface area contributed by atoms with E-state index in [-0.39, 0.29) is 18.6 Å². The number of fused-ring (bicyclic) bond motifs is 1. The van der Waals surface area contributed by atoms with Crippen molar-refractivity contribution in [2.24, 2.45) is 0 Å². The van der Waals surface area contributed by atoms with E-state index in [0.29, 0.717) is 6.61 Å². The molecule has 5 nitrogen and oxygen atoms in total. The maximum absolute atomic E-state index is 12.8. The van der Waals surface area contributed by atoms with Crippen LogP contribution in [0.15, 0.2) is 54.6 Å². The smallest absolute Gasteiger partial charge is 0.249 e. The fourth-order valence-electron chi connectivity index (χ4n) is 3.47. The van der Waals surface area contributed by atoms with Gasteiger partial charge >= 0.3 is 0 Å². The highest BCUT2D eigenvalue weighted by Crippen LogP contribution is 2.25. The van der Waals surface area contributed by atoms with Crippen molar-refractivity contribution in [1.82, 2.24) is 14.8 Å². The summed E-state index contributed by atoms with van der Waals surface area (Å²) in [5.41, 5.74) is 2.15. The van der Waals surface area contributed by atoms with Gasteiger partial charge in [-0.1, -0.05) is 42.5 Å². The predicted octanol–water partition coefficient (Wildman–Crippen LogP) is 3.33. The summed E-state index contributed by atoms with van der Waals surface area (Å²) in [6.45, 7) is 2.90. The molecular formula is C21H23N3O2S. The normalized spacial score (nSPS) is 18.1. The molecule has 1 aliphatic rings. The van der Waals surface area contributed by atoms with Gasteiger partial charge in [0.05, 0.1) is 22.9 Å². The summed E-state index contributed by atoms with van der Waals surface area (Å²) in [6.07, 6.45) is 0. The Labute approximate surface area is 163 Å². The highest BCUT2D eigenvalue weighted by atomic mass is 32.1. The lowest BCUT2D eigenvalue weighted by Gasteiger charge is -2.40. The lowest BCUT2D eigenvalue weighted by atomic mass is 10.0. The van der Waals surface area contributed by atoms with Crippen LogP contribution in [0.4, 0.5) is 0 Å². The van der Waals surface area contributed by atoms with E-state index in [0.717, 1.165) is 34.9 Å². The molecule has 2 heterocycles. The number of thiazole rings is 1. The fraction of sp³-hybridized carbons (Fsp3) is 0.333. The Morgan fingerprint density at radius 1 is 1.15 bits per heavy atom. The number of likely N-dealkylation sites (N-methyl/N-ethyl adjacent to an activating group) is 1. The van der Waals surface area contributed by atoms with Crippen LogP contribution >= 0.6 is 11.3 Å². The summed E-state index contributed by atoms with van der Waals surface area (Å²) in [4.78, 5) is 21.6. The Kier molecular flexibility index (Phi) is 5.48. The zero-order valence-electron chi connectivity index (χ0n) is 15.4. The number of aromatic nitrogens is 1. The van der Waals surface area contributed by atoms with Crippen LogP contribution in [-0.4, -0.2) is 54.0 Å². The third kappa shape index (κ3) is 4.18. The molecule has 3 aromatic rings. The summed E-state index contributed by atoms with van der Waals surface area (Å²) in [5.74, 6) is 0.0399. The van der Waals surface area contributed by atoms with Crippen molar-refractivity contribution < 1.29 is 9.53 Å². The molecule has 1 fully saturated rings. The van der Waals surface area contributed by atoms with E-state index in [2.05, 4.69) is 35.1 Å². The van der Waals surface area contributed by atoms with E-state index >= 15 is 0 Å². The SMILES string of the molecule is CN1CCN(C(=O)COCc2nc3ccccc3s2)[C@@H](c2ccccc2)C1. The molecule has 1 aliphatic heterocycles. The van der Waals surface area contributed by atoms with Gasteiger partial charge in [0.2, 0.25) is 5.91 Å². The van der Waals surface area contributed by atoms with Crippen LogP contribution in [0.1, 0.15) is 16.6 Å². The number of hydrogen-bond donors (Lipinski definition) is 0. The van der Waals surface area contributed by atoms with Crippen LogP contribution in [0.2, 0.25) is 0 Å². The number of rotatable bonds is 5. The lowest BCUT2D eigenvalue weighted by molar-refractivity contribution is -0.141. The second-order valence-electron chi connectivity index (χ2n) is 6.84. The number of carbonyl (C=O) groups is 1. The van der Waals surface area contributed by atoms with Crippen molar-refractivity contribution in [3.8, 4) is 0 Å². The molecule has 1 atom stereocenters. The number of hydrogen-bond acceptors (Lipinski definition) is 5. The number of ether oxygens (including phenoxy) is 1. The number of piperazine rings is 1. The van der Waals surface area contributed by atoms with Gasteiger partial charge in [0.15, 0.2) is 0 Å². The first kappa shape index (κ1) is 18.1. The third-order valence-corrected chi connectivity index (χ3v) is 5.89. The van der Waals surface area contributed by atoms with Gasteiger partial charge in [0.1, 0.15) is 11.6 Å². The first-order chi connectivity index (χ1) is 13.2. The van der Waals surface area contributed by atoms with Crippen LogP contribution in [0.5, 0.6) is 0 Å². The van der Waals surface area contributed by atoms with Crippen LogP contribution < -0.4 is 0 Å². The molecule has 27 heavy (non-hydrogen) atoms. The first-order valence-corrected chi connectivity index (χ1v) is 9.97. The van der Waals surface area contributed by atoms with Gasteiger partial charge in [-0.25, -0.2) is 4.98 Å². The van der Waals surface area contributed by atoms with E-state index in [4.69, 9.17) is 4.74 Å². The molecule has 0 bridgehead atoms. The summed E-state index contributed by atoms with van der Waals surface area (Å²) in [5, 5.41) is 0.905. The standard InChI is InChI=1S/C21H23N3O2S/c1-23-11-12-24(18(13-23)16-7-3-2-4-8-16)21(25)15-26-14-20-22-17-9-5-6-10-19(17)27-20/h2-10,18H,11-15H2,1H3/t18-/m1/s1. The van der Waals surface area contributed by atoms with Gasteiger partial charge in [0, 0.05) is 19.6 Å². The van der Waals surface area contributed by atoms with Crippen LogP contribution in [0, 0.1) is 0 Å². The van der Waals surface area contributed by atoms with Gasteiger partial charge in [-0.3, -0.25) is 4.79 Å². The maximum Gasteiger partial charge on any atom is 0.249 e. The highest BCUT2D eigenvalue weighted by molar-refractivity contribution is 7.18. The van der Waals surface area contributed by atoms with Crippen LogP contribution in [-0.2, 0) is 16.1 Å². The van der Waals surface area contributed by atoms with Crippen LogP contribution in [0.25, 0.3) is 10.2 Å². The summed E-state index contributed by atoms with van der Waals surface area (Å²) in [6, 6.07) is 18.3. The van der Waals surface area contributed by atoms with Gasteiger partial charge in [-0.15, -0.1) is 11.3 Å². The molecule has 0 unspecified atom stereocenters. The zero-order chi connectivity index (χ0) is 18.6. The average Bonchev–Trinajstić information content (AvgIpc) is 3.11. The summed E-state index contributed by atoms with van der Waals surface area (Å²) >= 11 is 1.61. The Morgan fingerprint density at radius 3 is 2.74 bits per heavy atom. The van der Waals surface area contributed by atoms with Gasteiger partial charge in [-0.2, -0.15) is 0 Å². The Bertz CT molecular complexity index is 879. The van der Waals surface area contributed by atoms with E-state index in [1.165, 1.54) is 5.56 Å². The molecule has 1 saturated heterocycles. The molecule has 1 aromatic heterocycles. The van der Waals surface area contributed by atoms with E-state index in [1.807, 2.05) is 41.3 Å². The number of carbonyl (C=O) groups excluding carboxylic acids is 1. The number of nitrogens with zero attached hydrogens (tertiary/aromatic N) is 3. The van der Waals surface area contributed by atoms with Crippen molar-refractivity contribution in [2.75, 3.05) is 33.3 Å². The largest absolute Gasteiger partial charge is 0.364 e. The Morgan fingerprint density at radius 2 is 1.93 bits per heavy atom. The van der Waals surface area contributed by atoms with Crippen molar-refractivity contribution in [3.05, 3.63) is 65.2 Å². The molecule has 0 spiro atoms. The number of benzene rings is 2. The van der Waals surface area contributed by atoms with Crippen molar-refractivity contribution in [1.29, 1.82) is 0 Å². The van der Waals surface area contributed by atoms with Gasteiger partial charge in [-0.05, 0) is 24.7 Å². The summed E-state index contributed by atoms with van der Waals surface area (Å²) in [7, 11) is 2.10. The second kappa shape index (κ2) is 8.17. The number of para-hydroxylation sites is 1. The quantitative estimate of drug-likeness (QED) is 0.680. The molecule has 0 radical (unpaired) electrons. The average molecular weight is 382 g/mol. The van der Waals surface area contributed by atoms with Gasteiger partial charge in [0.25, 0.3) is 0 Å². The molecule has 1 amide bonds. The maximum atomic E-state index is 12.8. The first-order valence-electron chi connectivity index (χ1n) is 9.16. The molecule has 0 N–H and O–H groups in total. The van der Waals surface area contributed by atoms with E-state index in [1.54, 1.807) is 11.3 Å². The minimum atomic E-state index is 0.0399. The monoisotopic (exact) mass is 381 g/mol. The molecule has 4 rings (SSSR count). The van der Waals surface area contributed by atoms with Gasteiger partial charge < -0.3 is 14.5 Å². The van der Waals surface area contributed by atoms with Crippen molar-refractivity contribution in [2.45, 2.75) is 12.6 Å². The molecule has 140 valence electrons. The van der Waals surface area contributed by atoms with E-state index < -0.39 is 0 Å². The zero-order valence-corrected chi connectivity index (χ0v) is 16.2. The highest BCUT2D eigenvalue weighted by Gasteiger charge is 2.30. The minimum absolute atomic E-state index is 0.0399. The molecule has 0 saturated carbocycles.